The van der Waals surface area contributed by atoms with E-state index in [1.165, 1.54) is 18.2 Å². The lowest BCUT2D eigenvalue weighted by Crippen LogP contribution is -2.22. The summed E-state index contributed by atoms with van der Waals surface area (Å²) in [5.41, 5.74) is 0.276. The second-order valence-corrected chi connectivity index (χ2v) is 10.2. The molecule has 0 saturated heterocycles. The Balaban J connectivity index is 1.48. The summed E-state index contributed by atoms with van der Waals surface area (Å²) in [4.78, 5) is 0. The number of anilines is 1. The molecule has 0 bridgehead atoms. The van der Waals surface area contributed by atoms with E-state index in [2.05, 4.69) is 9.82 Å². The zero-order valence-corrected chi connectivity index (χ0v) is 19.0. The average molecular weight is 486 g/mol. The van der Waals surface area contributed by atoms with Crippen LogP contribution in [0.1, 0.15) is 50.5 Å². The Bertz CT molecular complexity index is 1190. The number of alkyl halides is 3. The third kappa shape index (κ3) is 6.38. The standard InChI is InChI=1S/C22H26F3N3O4S/c1-14(2)33(30,31)28-16-7-5-6-15(12-16)20(29)8-3-4-11-32-17-9-10-18-19(13-17)26-27-21(18)22(23,24)25/h5-7,9-10,12-14,20,28-29H,3-4,8,11H2,1-2H3,(H,26,27)/t20-/m0/s1. The van der Waals surface area contributed by atoms with Crippen molar-refractivity contribution >= 4 is 26.6 Å². The van der Waals surface area contributed by atoms with E-state index in [0.717, 1.165) is 0 Å². The van der Waals surface area contributed by atoms with Crippen molar-refractivity contribution in [3.8, 4) is 5.75 Å². The number of aliphatic hydroxyl groups is 1. The molecule has 3 rings (SSSR count). The number of ether oxygens (including phenoxy) is 1. The van der Waals surface area contributed by atoms with Crippen molar-refractivity contribution in [3.05, 3.63) is 53.7 Å². The van der Waals surface area contributed by atoms with E-state index in [9.17, 15) is 26.7 Å². The van der Waals surface area contributed by atoms with Gasteiger partial charge in [-0.1, -0.05) is 12.1 Å². The van der Waals surface area contributed by atoms with Gasteiger partial charge in [0.1, 0.15) is 11.4 Å². The minimum Gasteiger partial charge on any atom is -0.494 e. The van der Waals surface area contributed by atoms with Crippen LogP contribution in [0.2, 0.25) is 0 Å². The van der Waals surface area contributed by atoms with Crippen molar-refractivity contribution in [2.45, 2.75) is 50.6 Å². The van der Waals surface area contributed by atoms with E-state index in [1.807, 2.05) is 5.10 Å². The van der Waals surface area contributed by atoms with Gasteiger partial charge in [-0.05, 0) is 62.9 Å². The van der Waals surface area contributed by atoms with Gasteiger partial charge in [0.2, 0.25) is 10.0 Å². The third-order valence-corrected chi connectivity index (χ3v) is 6.86. The highest BCUT2D eigenvalue weighted by Crippen LogP contribution is 2.34. The van der Waals surface area contributed by atoms with Crippen LogP contribution < -0.4 is 9.46 Å². The van der Waals surface area contributed by atoms with Crippen molar-refractivity contribution in [2.75, 3.05) is 11.3 Å². The second kappa shape index (κ2) is 10.0. The van der Waals surface area contributed by atoms with Crippen LogP contribution in [0.15, 0.2) is 42.5 Å². The Hall–Kier alpha value is -2.79. The van der Waals surface area contributed by atoms with Gasteiger partial charge in [-0.15, -0.1) is 0 Å². The lowest BCUT2D eigenvalue weighted by molar-refractivity contribution is -0.139. The third-order valence-electron chi connectivity index (χ3n) is 5.10. The van der Waals surface area contributed by atoms with Crippen LogP contribution >= 0.6 is 0 Å². The highest BCUT2D eigenvalue weighted by atomic mass is 32.2. The molecule has 1 heterocycles. The van der Waals surface area contributed by atoms with Crippen LogP contribution in [0.5, 0.6) is 5.75 Å². The first kappa shape index (κ1) is 24.8. The molecule has 11 heteroatoms. The molecule has 0 spiro atoms. The van der Waals surface area contributed by atoms with Gasteiger partial charge in [-0.3, -0.25) is 9.82 Å². The second-order valence-electron chi connectivity index (χ2n) is 7.96. The zero-order valence-electron chi connectivity index (χ0n) is 18.2. The van der Waals surface area contributed by atoms with Crippen LogP contribution in [0.4, 0.5) is 18.9 Å². The van der Waals surface area contributed by atoms with Gasteiger partial charge in [-0.25, -0.2) is 8.42 Å². The number of aromatic nitrogens is 2. The highest BCUT2D eigenvalue weighted by molar-refractivity contribution is 7.93. The lowest BCUT2D eigenvalue weighted by atomic mass is 10.0. The predicted octanol–water partition coefficient (Wildman–Crippen LogP) is 5.01. The van der Waals surface area contributed by atoms with Crippen LogP contribution in [0.3, 0.4) is 0 Å². The number of aliphatic hydroxyl groups excluding tert-OH is 1. The normalized spacial score (nSPS) is 13.4. The summed E-state index contributed by atoms with van der Waals surface area (Å²) >= 11 is 0. The number of hydrogen-bond acceptors (Lipinski definition) is 5. The van der Waals surface area contributed by atoms with Crippen LogP contribution in [-0.2, 0) is 16.2 Å². The molecule has 2 aromatic carbocycles. The fourth-order valence-electron chi connectivity index (χ4n) is 3.19. The molecule has 3 aromatic rings. The fourth-order valence-corrected chi connectivity index (χ4v) is 3.88. The summed E-state index contributed by atoms with van der Waals surface area (Å²) in [6.45, 7) is 3.48. The maximum Gasteiger partial charge on any atom is 0.433 e. The smallest absolute Gasteiger partial charge is 0.433 e. The van der Waals surface area contributed by atoms with Crippen molar-refractivity contribution in [1.29, 1.82) is 0 Å². The number of unbranched alkanes of at least 4 members (excludes halogenated alkanes) is 1. The summed E-state index contributed by atoms with van der Waals surface area (Å²) in [7, 11) is -3.47. The Morgan fingerprint density at radius 3 is 2.61 bits per heavy atom. The van der Waals surface area contributed by atoms with E-state index in [0.29, 0.717) is 42.9 Å². The molecule has 0 aliphatic rings. The van der Waals surface area contributed by atoms with Crippen molar-refractivity contribution in [3.63, 3.8) is 0 Å². The van der Waals surface area contributed by atoms with E-state index < -0.39 is 33.2 Å². The molecule has 1 aromatic heterocycles. The van der Waals surface area contributed by atoms with Gasteiger partial charge < -0.3 is 9.84 Å². The largest absolute Gasteiger partial charge is 0.494 e. The summed E-state index contributed by atoms with van der Waals surface area (Å²) in [6.07, 6.45) is -3.59. The van der Waals surface area contributed by atoms with Crippen molar-refractivity contribution in [1.82, 2.24) is 10.2 Å². The van der Waals surface area contributed by atoms with Gasteiger partial charge in [0, 0.05) is 17.1 Å². The average Bonchev–Trinajstić information content (AvgIpc) is 3.17. The summed E-state index contributed by atoms with van der Waals surface area (Å²) < 4.78 is 70.8. The van der Waals surface area contributed by atoms with E-state index in [4.69, 9.17) is 4.74 Å². The van der Waals surface area contributed by atoms with E-state index in [1.54, 1.807) is 38.1 Å². The lowest BCUT2D eigenvalue weighted by Gasteiger charge is -2.15. The molecule has 0 aliphatic carbocycles. The number of nitrogens with zero attached hydrogens (tertiary/aromatic N) is 1. The molecule has 1 atom stereocenters. The topological polar surface area (TPSA) is 104 Å². The van der Waals surface area contributed by atoms with Gasteiger partial charge in [-0.2, -0.15) is 18.3 Å². The summed E-state index contributed by atoms with van der Waals surface area (Å²) in [6, 6.07) is 10.9. The number of sulfonamides is 1. The molecule has 0 radical (unpaired) electrons. The number of aromatic amines is 1. The zero-order chi connectivity index (χ0) is 24.2. The van der Waals surface area contributed by atoms with E-state index in [-0.39, 0.29) is 10.9 Å². The SMILES string of the molecule is CC(C)S(=O)(=O)Nc1cccc([C@@H](O)CCCCOc2ccc3c(C(F)(F)F)[nH]nc3c2)c1. The number of hydrogen-bond donors (Lipinski definition) is 3. The molecule has 7 nitrogen and oxygen atoms in total. The molecular formula is C22H26F3N3O4S. The van der Waals surface area contributed by atoms with Crippen molar-refractivity contribution < 1.29 is 31.4 Å². The number of benzene rings is 2. The summed E-state index contributed by atoms with van der Waals surface area (Å²) in [5, 5.41) is 15.5. The van der Waals surface area contributed by atoms with Gasteiger partial charge in [0.05, 0.1) is 23.5 Å². The quantitative estimate of drug-likeness (QED) is 0.350. The molecule has 0 amide bonds. The molecule has 33 heavy (non-hydrogen) atoms. The fraction of sp³-hybridized carbons (Fsp3) is 0.409. The Morgan fingerprint density at radius 1 is 1.15 bits per heavy atom. The minimum atomic E-state index is -4.50. The number of rotatable bonds is 10. The molecule has 0 saturated carbocycles. The molecule has 0 unspecified atom stereocenters. The minimum absolute atomic E-state index is 0.0177. The van der Waals surface area contributed by atoms with Crippen LogP contribution in [0, 0.1) is 0 Å². The molecule has 3 N–H and O–H groups in total. The predicted molar refractivity (Wildman–Crippen MR) is 120 cm³/mol. The first-order valence-electron chi connectivity index (χ1n) is 10.4. The molecular weight excluding hydrogens is 459 g/mol. The van der Waals surface area contributed by atoms with Crippen molar-refractivity contribution in [2.24, 2.45) is 0 Å². The number of H-pyrrole nitrogens is 1. The maximum absolute atomic E-state index is 12.9. The Labute approximate surface area is 190 Å². The monoisotopic (exact) mass is 485 g/mol. The van der Waals surface area contributed by atoms with Gasteiger partial charge in [0.15, 0.2) is 0 Å². The molecule has 0 fully saturated rings. The number of halogens is 3. The summed E-state index contributed by atoms with van der Waals surface area (Å²) in [5.74, 6) is 0.411. The Kier molecular flexibility index (Phi) is 7.53. The molecule has 180 valence electrons. The number of nitrogens with one attached hydrogen (secondary N) is 2. The Morgan fingerprint density at radius 2 is 1.91 bits per heavy atom. The highest BCUT2D eigenvalue weighted by Gasteiger charge is 2.35. The van der Waals surface area contributed by atoms with E-state index >= 15 is 0 Å². The number of fused-ring (bicyclic) bond motifs is 1. The van der Waals surface area contributed by atoms with Crippen LogP contribution in [0.25, 0.3) is 10.9 Å². The molecule has 0 aliphatic heterocycles. The van der Waals surface area contributed by atoms with Gasteiger partial charge >= 0.3 is 6.18 Å². The first-order valence-corrected chi connectivity index (χ1v) is 12.0. The van der Waals surface area contributed by atoms with Crippen LogP contribution in [-0.4, -0.2) is 35.6 Å². The first-order chi connectivity index (χ1) is 15.5. The van der Waals surface area contributed by atoms with Gasteiger partial charge in [0.25, 0.3) is 0 Å². The maximum atomic E-state index is 12.9.